The molecule has 0 spiro atoms. The van der Waals surface area contributed by atoms with Crippen molar-refractivity contribution in [2.75, 3.05) is 13.1 Å². The number of nitrogens with one attached hydrogen (secondary N) is 1. The predicted octanol–water partition coefficient (Wildman–Crippen LogP) is 2.04. The van der Waals surface area contributed by atoms with E-state index in [4.69, 9.17) is 5.11 Å². The minimum Gasteiger partial charge on any atom is -0.481 e. The molecule has 0 aromatic heterocycles. The maximum atomic E-state index is 10.7. The first-order chi connectivity index (χ1) is 7.24. The van der Waals surface area contributed by atoms with E-state index in [9.17, 15) is 4.79 Å². The van der Waals surface area contributed by atoms with E-state index in [1.54, 1.807) is 0 Å². The van der Waals surface area contributed by atoms with Gasteiger partial charge in [-0.25, -0.2) is 0 Å². The average Bonchev–Trinajstić information content (AvgIpc) is 2.25. The van der Waals surface area contributed by atoms with Crippen LogP contribution in [0.1, 0.15) is 32.6 Å². The number of hydrogen-bond donors (Lipinski definition) is 2. The fourth-order valence-electron chi connectivity index (χ4n) is 2.10. The molecule has 1 fully saturated rings. The Bertz CT molecular complexity index is 218. The second kappa shape index (κ2) is 6.62. The van der Waals surface area contributed by atoms with Gasteiger partial charge in [-0.15, -0.1) is 0 Å². The summed E-state index contributed by atoms with van der Waals surface area (Å²) in [5, 5.41) is 12.2. The highest BCUT2D eigenvalue weighted by Crippen LogP contribution is 2.28. The monoisotopic (exact) mass is 211 g/mol. The number of carboxylic acid groups (broad SMARTS) is 1. The zero-order valence-electron chi connectivity index (χ0n) is 9.41. The molecule has 0 amide bonds. The Balaban J connectivity index is 2.12. The van der Waals surface area contributed by atoms with Gasteiger partial charge in [0, 0.05) is 6.54 Å². The molecule has 0 aromatic carbocycles. The van der Waals surface area contributed by atoms with Crippen LogP contribution in [0.5, 0.6) is 0 Å². The molecule has 1 aliphatic rings. The third-order valence-electron chi connectivity index (χ3n) is 3.13. The van der Waals surface area contributed by atoms with Crippen LogP contribution in [0.2, 0.25) is 0 Å². The van der Waals surface area contributed by atoms with E-state index in [0.29, 0.717) is 5.92 Å². The standard InChI is InChI=1S/C12H21NO2/c1-2-3-8-13-9-10-4-6-11(7-5-10)12(14)15/h2-3,10-11,13H,4-9H2,1H3,(H,14,15)/b3-2+. The maximum absolute atomic E-state index is 10.7. The van der Waals surface area contributed by atoms with E-state index in [-0.39, 0.29) is 5.92 Å². The molecule has 3 nitrogen and oxygen atoms in total. The molecule has 0 heterocycles. The molecule has 0 saturated heterocycles. The molecule has 0 unspecified atom stereocenters. The highest BCUT2D eigenvalue weighted by atomic mass is 16.4. The van der Waals surface area contributed by atoms with Crippen molar-refractivity contribution in [1.82, 2.24) is 5.32 Å². The fourth-order valence-corrected chi connectivity index (χ4v) is 2.10. The molecular formula is C12H21NO2. The Morgan fingerprint density at radius 1 is 1.40 bits per heavy atom. The van der Waals surface area contributed by atoms with Crippen molar-refractivity contribution < 1.29 is 9.90 Å². The topological polar surface area (TPSA) is 49.3 Å². The van der Waals surface area contributed by atoms with Gasteiger partial charge < -0.3 is 10.4 Å². The quantitative estimate of drug-likeness (QED) is 0.540. The molecule has 0 bridgehead atoms. The maximum Gasteiger partial charge on any atom is 0.306 e. The predicted molar refractivity (Wildman–Crippen MR) is 60.8 cm³/mol. The van der Waals surface area contributed by atoms with Gasteiger partial charge >= 0.3 is 5.97 Å². The number of allylic oxidation sites excluding steroid dienone is 1. The highest BCUT2D eigenvalue weighted by molar-refractivity contribution is 5.69. The third-order valence-corrected chi connectivity index (χ3v) is 3.13. The van der Waals surface area contributed by atoms with E-state index in [2.05, 4.69) is 11.4 Å². The van der Waals surface area contributed by atoms with Crippen molar-refractivity contribution in [2.45, 2.75) is 32.6 Å². The van der Waals surface area contributed by atoms with E-state index < -0.39 is 5.97 Å². The van der Waals surface area contributed by atoms with Gasteiger partial charge in [0.25, 0.3) is 0 Å². The summed E-state index contributed by atoms with van der Waals surface area (Å²) in [6, 6.07) is 0. The minimum absolute atomic E-state index is 0.0863. The van der Waals surface area contributed by atoms with Crippen molar-refractivity contribution >= 4 is 5.97 Å². The molecule has 1 rings (SSSR count). The van der Waals surface area contributed by atoms with E-state index in [1.165, 1.54) is 0 Å². The van der Waals surface area contributed by atoms with Crippen LogP contribution in [-0.4, -0.2) is 24.2 Å². The van der Waals surface area contributed by atoms with Gasteiger partial charge in [0.2, 0.25) is 0 Å². The number of hydrogen-bond acceptors (Lipinski definition) is 2. The average molecular weight is 211 g/mol. The van der Waals surface area contributed by atoms with Crippen LogP contribution in [-0.2, 0) is 4.79 Å². The van der Waals surface area contributed by atoms with Gasteiger partial charge in [0.05, 0.1) is 5.92 Å². The van der Waals surface area contributed by atoms with Crippen LogP contribution in [0.15, 0.2) is 12.2 Å². The number of aliphatic carboxylic acids is 1. The molecule has 0 radical (unpaired) electrons. The largest absolute Gasteiger partial charge is 0.481 e. The van der Waals surface area contributed by atoms with Crippen LogP contribution in [0, 0.1) is 11.8 Å². The van der Waals surface area contributed by atoms with E-state index in [1.807, 2.05) is 13.0 Å². The van der Waals surface area contributed by atoms with E-state index >= 15 is 0 Å². The molecule has 0 aliphatic heterocycles. The van der Waals surface area contributed by atoms with Crippen molar-refractivity contribution in [3.05, 3.63) is 12.2 Å². The summed E-state index contributed by atoms with van der Waals surface area (Å²) in [7, 11) is 0. The summed E-state index contributed by atoms with van der Waals surface area (Å²) in [5.41, 5.74) is 0. The van der Waals surface area contributed by atoms with Crippen molar-refractivity contribution in [3.8, 4) is 0 Å². The minimum atomic E-state index is -0.615. The molecule has 2 N–H and O–H groups in total. The Kier molecular flexibility index (Phi) is 5.40. The number of carbonyl (C=O) groups is 1. The lowest BCUT2D eigenvalue weighted by molar-refractivity contribution is -0.143. The summed E-state index contributed by atoms with van der Waals surface area (Å²) in [4.78, 5) is 10.7. The Hall–Kier alpha value is -0.830. The van der Waals surface area contributed by atoms with Crippen LogP contribution >= 0.6 is 0 Å². The molecule has 86 valence electrons. The van der Waals surface area contributed by atoms with E-state index in [0.717, 1.165) is 38.8 Å². The number of rotatable bonds is 5. The number of carboxylic acids is 1. The fraction of sp³-hybridized carbons (Fsp3) is 0.750. The van der Waals surface area contributed by atoms with Gasteiger partial charge in [-0.2, -0.15) is 0 Å². The first kappa shape index (κ1) is 12.2. The molecule has 1 saturated carbocycles. The SMILES string of the molecule is C/C=C/CNCC1CCC(C(=O)O)CC1. The third kappa shape index (κ3) is 4.47. The summed E-state index contributed by atoms with van der Waals surface area (Å²) in [6.45, 7) is 3.96. The second-order valence-electron chi connectivity index (χ2n) is 4.28. The first-order valence-corrected chi connectivity index (χ1v) is 5.78. The normalized spacial score (nSPS) is 27.0. The van der Waals surface area contributed by atoms with Crippen molar-refractivity contribution in [1.29, 1.82) is 0 Å². The lowest BCUT2D eigenvalue weighted by Crippen LogP contribution is -2.28. The summed E-state index contributed by atoms with van der Waals surface area (Å²) in [5.74, 6) is -0.0297. The lowest BCUT2D eigenvalue weighted by atomic mass is 9.82. The molecule has 1 aliphatic carbocycles. The zero-order valence-corrected chi connectivity index (χ0v) is 9.41. The van der Waals surface area contributed by atoms with Crippen molar-refractivity contribution in [3.63, 3.8) is 0 Å². The summed E-state index contributed by atoms with van der Waals surface area (Å²) in [6.07, 6.45) is 7.95. The Morgan fingerprint density at radius 2 is 2.07 bits per heavy atom. The van der Waals surface area contributed by atoms with Crippen LogP contribution in [0.25, 0.3) is 0 Å². The first-order valence-electron chi connectivity index (χ1n) is 5.78. The Labute approximate surface area is 91.6 Å². The van der Waals surface area contributed by atoms with Crippen LogP contribution < -0.4 is 5.32 Å². The molecule has 0 atom stereocenters. The Morgan fingerprint density at radius 3 is 2.60 bits per heavy atom. The zero-order chi connectivity index (χ0) is 11.1. The van der Waals surface area contributed by atoms with Crippen LogP contribution in [0.3, 0.4) is 0 Å². The van der Waals surface area contributed by atoms with Gasteiger partial charge in [-0.1, -0.05) is 12.2 Å². The van der Waals surface area contributed by atoms with Crippen LogP contribution in [0.4, 0.5) is 0 Å². The van der Waals surface area contributed by atoms with Gasteiger partial charge in [-0.05, 0) is 45.1 Å². The molecule has 3 heteroatoms. The molecule has 15 heavy (non-hydrogen) atoms. The van der Waals surface area contributed by atoms with Crippen molar-refractivity contribution in [2.24, 2.45) is 11.8 Å². The molecule has 0 aromatic rings. The van der Waals surface area contributed by atoms with Gasteiger partial charge in [-0.3, -0.25) is 4.79 Å². The highest BCUT2D eigenvalue weighted by Gasteiger charge is 2.25. The summed E-state index contributed by atoms with van der Waals surface area (Å²) >= 11 is 0. The van der Waals surface area contributed by atoms with Gasteiger partial charge in [0.15, 0.2) is 0 Å². The molecular weight excluding hydrogens is 190 g/mol. The lowest BCUT2D eigenvalue weighted by Gasteiger charge is -2.26. The van der Waals surface area contributed by atoms with Gasteiger partial charge in [0.1, 0.15) is 0 Å². The summed E-state index contributed by atoms with van der Waals surface area (Å²) < 4.78 is 0. The smallest absolute Gasteiger partial charge is 0.306 e. The second-order valence-corrected chi connectivity index (χ2v) is 4.28.